The fourth-order valence-corrected chi connectivity index (χ4v) is 1.32. The Kier molecular flexibility index (Phi) is 4.34. The van der Waals surface area contributed by atoms with Gasteiger partial charge < -0.3 is 10.3 Å². The summed E-state index contributed by atoms with van der Waals surface area (Å²) >= 11 is 0. The number of aromatic nitrogens is 1. The zero-order chi connectivity index (χ0) is 9.80. The number of halogens is 1. The van der Waals surface area contributed by atoms with E-state index in [1.54, 1.807) is 0 Å². The van der Waals surface area contributed by atoms with Gasteiger partial charge in [-0.3, -0.25) is 0 Å². The van der Waals surface area contributed by atoms with Crippen LogP contribution in [0.5, 0.6) is 0 Å². The van der Waals surface area contributed by atoms with Gasteiger partial charge in [0.05, 0.1) is 5.69 Å². The Morgan fingerprint density at radius 2 is 1.93 bits per heavy atom. The molecular weight excluding hydrogens is 212 g/mol. The second kappa shape index (κ2) is 5.53. The summed E-state index contributed by atoms with van der Waals surface area (Å²) in [5.74, 6) is 0.800. The van der Waals surface area contributed by atoms with Gasteiger partial charge in [-0.25, -0.2) is 0 Å². The van der Waals surface area contributed by atoms with Gasteiger partial charge in [-0.05, 0) is 6.54 Å². The van der Waals surface area contributed by atoms with Gasteiger partial charge in [-0.2, -0.15) is 0 Å². The minimum atomic E-state index is 0. The van der Waals surface area contributed by atoms with E-state index in [1.807, 2.05) is 36.4 Å². The molecule has 0 unspecified atom stereocenters. The number of hydrogen-bond donors (Lipinski definition) is 1. The predicted octanol–water partition coefficient (Wildman–Crippen LogP) is 2.26. The van der Waals surface area contributed by atoms with Crippen molar-refractivity contribution >= 4 is 12.4 Å². The third kappa shape index (κ3) is 2.81. The van der Waals surface area contributed by atoms with E-state index in [2.05, 4.69) is 5.16 Å². The number of hydrogen-bond acceptors (Lipinski definition) is 3. The van der Waals surface area contributed by atoms with Gasteiger partial charge >= 0.3 is 0 Å². The largest absolute Gasteiger partial charge is 0.356 e. The fourth-order valence-electron chi connectivity index (χ4n) is 1.32. The number of nitrogens with two attached hydrogens (primary N) is 1. The van der Waals surface area contributed by atoms with Gasteiger partial charge in [0.2, 0.25) is 0 Å². The smallest absolute Gasteiger partial charge is 0.167 e. The fraction of sp³-hybridized carbons (Fsp3) is 0.182. The molecule has 1 heterocycles. The van der Waals surface area contributed by atoms with Crippen molar-refractivity contribution in [2.75, 3.05) is 6.54 Å². The van der Waals surface area contributed by atoms with E-state index in [0.717, 1.165) is 23.4 Å². The average molecular weight is 225 g/mol. The molecule has 80 valence electrons. The van der Waals surface area contributed by atoms with Crippen molar-refractivity contribution in [1.29, 1.82) is 0 Å². The van der Waals surface area contributed by atoms with Crippen LogP contribution in [0.1, 0.15) is 5.69 Å². The highest BCUT2D eigenvalue weighted by Gasteiger charge is 2.04. The molecule has 4 heteroatoms. The van der Waals surface area contributed by atoms with E-state index < -0.39 is 0 Å². The average Bonchev–Trinajstić information content (AvgIpc) is 2.68. The molecule has 0 saturated heterocycles. The van der Waals surface area contributed by atoms with Gasteiger partial charge in [0.1, 0.15) is 0 Å². The molecule has 0 saturated carbocycles. The van der Waals surface area contributed by atoms with E-state index in [-0.39, 0.29) is 12.4 Å². The van der Waals surface area contributed by atoms with Crippen molar-refractivity contribution in [2.45, 2.75) is 6.42 Å². The van der Waals surface area contributed by atoms with Crippen molar-refractivity contribution < 1.29 is 4.52 Å². The van der Waals surface area contributed by atoms with Crippen LogP contribution in [0.25, 0.3) is 11.3 Å². The first kappa shape index (κ1) is 11.8. The Morgan fingerprint density at radius 1 is 1.20 bits per heavy atom. The predicted molar refractivity (Wildman–Crippen MR) is 61.9 cm³/mol. The SMILES string of the molecule is Cl.NCCc1cc(-c2ccccc2)on1. The van der Waals surface area contributed by atoms with Gasteiger partial charge in [0, 0.05) is 18.1 Å². The summed E-state index contributed by atoms with van der Waals surface area (Å²) in [6, 6.07) is 11.8. The van der Waals surface area contributed by atoms with Crippen molar-refractivity contribution in [2.24, 2.45) is 5.73 Å². The van der Waals surface area contributed by atoms with Crippen LogP contribution in [0, 0.1) is 0 Å². The summed E-state index contributed by atoms with van der Waals surface area (Å²) < 4.78 is 5.20. The summed E-state index contributed by atoms with van der Waals surface area (Å²) in [5, 5.41) is 3.93. The minimum absolute atomic E-state index is 0. The molecule has 0 amide bonds. The zero-order valence-corrected chi connectivity index (χ0v) is 9.04. The maximum Gasteiger partial charge on any atom is 0.167 e. The van der Waals surface area contributed by atoms with Crippen LogP contribution in [0.4, 0.5) is 0 Å². The van der Waals surface area contributed by atoms with Crippen LogP contribution in [0.2, 0.25) is 0 Å². The monoisotopic (exact) mass is 224 g/mol. The first-order chi connectivity index (χ1) is 6.90. The molecule has 15 heavy (non-hydrogen) atoms. The molecule has 2 rings (SSSR count). The maximum atomic E-state index is 5.43. The van der Waals surface area contributed by atoms with Crippen LogP contribution in [0.15, 0.2) is 40.9 Å². The van der Waals surface area contributed by atoms with Crippen LogP contribution < -0.4 is 5.73 Å². The molecule has 0 radical (unpaired) electrons. The lowest BCUT2D eigenvalue weighted by Gasteiger charge is -1.91. The second-order valence-corrected chi connectivity index (χ2v) is 3.09. The van der Waals surface area contributed by atoms with Crippen molar-refractivity contribution in [1.82, 2.24) is 5.16 Å². The van der Waals surface area contributed by atoms with Crippen LogP contribution in [-0.4, -0.2) is 11.7 Å². The second-order valence-electron chi connectivity index (χ2n) is 3.09. The normalized spacial score (nSPS) is 9.67. The maximum absolute atomic E-state index is 5.43. The van der Waals surface area contributed by atoms with Gasteiger partial charge in [0.15, 0.2) is 5.76 Å². The standard InChI is InChI=1S/C11H12N2O.ClH/c12-7-6-10-8-11(14-13-10)9-4-2-1-3-5-9;/h1-5,8H,6-7,12H2;1H. The van der Waals surface area contributed by atoms with Gasteiger partial charge in [0.25, 0.3) is 0 Å². The highest BCUT2D eigenvalue weighted by Crippen LogP contribution is 2.19. The number of nitrogens with zero attached hydrogens (tertiary/aromatic N) is 1. The molecule has 3 nitrogen and oxygen atoms in total. The Labute approximate surface area is 94.7 Å². The lowest BCUT2D eigenvalue weighted by Crippen LogP contribution is -2.02. The summed E-state index contributed by atoms with van der Waals surface area (Å²) in [7, 11) is 0. The summed E-state index contributed by atoms with van der Waals surface area (Å²) in [4.78, 5) is 0. The van der Waals surface area contributed by atoms with Crippen LogP contribution in [-0.2, 0) is 6.42 Å². The summed E-state index contributed by atoms with van der Waals surface area (Å²) in [5.41, 5.74) is 7.38. The highest BCUT2D eigenvalue weighted by atomic mass is 35.5. The first-order valence-corrected chi connectivity index (χ1v) is 4.61. The lowest BCUT2D eigenvalue weighted by atomic mass is 10.1. The van der Waals surface area contributed by atoms with E-state index >= 15 is 0 Å². The lowest BCUT2D eigenvalue weighted by molar-refractivity contribution is 0.423. The molecule has 0 atom stereocenters. The number of benzene rings is 1. The molecule has 2 N–H and O–H groups in total. The Hall–Kier alpha value is -1.32. The molecule has 0 aliphatic carbocycles. The molecule has 0 spiro atoms. The topological polar surface area (TPSA) is 52.0 Å². The third-order valence-electron chi connectivity index (χ3n) is 2.02. The molecular formula is C11H13ClN2O. The van der Waals surface area contributed by atoms with Crippen LogP contribution >= 0.6 is 12.4 Å². The quantitative estimate of drug-likeness (QED) is 0.870. The molecule has 2 aromatic rings. The van der Waals surface area contributed by atoms with E-state index in [1.165, 1.54) is 0 Å². The molecule has 0 aliphatic rings. The van der Waals surface area contributed by atoms with E-state index in [9.17, 15) is 0 Å². The molecule has 0 fully saturated rings. The molecule has 0 bridgehead atoms. The summed E-state index contributed by atoms with van der Waals surface area (Å²) in [6.07, 6.45) is 0.760. The Morgan fingerprint density at radius 3 is 2.60 bits per heavy atom. The van der Waals surface area contributed by atoms with Crippen molar-refractivity contribution in [3.05, 3.63) is 42.1 Å². The highest BCUT2D eigenvalue weighted by molar-refractivity contribution is 5.85. The van der Waals surface area contributed by atoms with Crippen LogP contribution in [0.3, 0.4) is 0 Å². The number of rotatable bonds is 3. The van der Waals surface area contributed by atoms with E-state index in [0.29, 0.717) is 6.54 Å². The first-order valence-electron chi connectivity index (χ1n) is 4.61. The van der Waals surface area contributed by atoms with Gasteiger partial charge in [-0.1, -0.05) is 35.5 Å². The third-order valence-corrected chi connectivity index (χ3v) is 2.02. The van der Waals surface area contributed by atoms with Gasteiger partial charge in [-0.15, -0.1) is 12.4 Å². The van der Waals surface area contributed by atoms with Crippen molar-refractivity contribution in [3.8, 4) is 11.3 Å². The Bertz CT molecular complexity index is 400. The van der Waals surface area contributed by atoms with Crippen molar-refractivity contribution in [3.63, 3.8) is 0 Å². The zero-order valence-electron chi connectivity index (χ0n) is 8.22. The Balaban J connectivity index is 0.00000112. The summed E-state index contributed by atoms with van der Waals surface area (Å²) in [6.45, 7) is 0.598. The molecule has 0 aliphatic heterocycles. The minimum Gasteiger partial charge on any atom is -0.356 e. The van der Waals surface area contributed by atoms with E-state index in [4.69, 9.17) is 10.3 Å². The molecule has 1 aromatic heterocycles. The molecule has 1 aromatic carbocycles.